The molecular formula is C19H22N2O3. The molecular weight excluding hydrogens is 304 g/mol. The Morgan fingerprint density at radius 3 is 1.67 bits per heavy atom. The van der Waals surface area contributed by atoms with Crippen LogP contribution in [0.15, 0.2) is 0 Å². The lowest BCUT2D eigenvalue weighted by Gasteiger charge is -2.12. The molecule has 0 saturated heterocycles. The summed E-state index contributed by atoms with van der Waals surface area (Å²) in [6, 6.07) is 0. The molecule has 0 saturated carbocycles. The molecule has 3 heterocycles. The number of carboxylic acids is 1. The molecule has 0 bridgehead atoms. The highest BCUT2D eigenvalue weighted by Crippen LogP contribution is 2.39. The van der Waals surface area contributed by atoms with Crippen molar-refractivity contribution in [2.45, 2.75) is 34.6 Å². The van der Waals surface area contributed by atoms with Crippen molar-refractivity contribution in [1.29, 1.82) is 0 Å². The van der Waals surface area contributed by atoms with Gasteiger partial charge in [-0.15, -0.1) is 0 Å². The average molecular weight is 326 g/mol. The highest BCUT2D eigenvalue weighted by atomic mass is 16.4. The van der Waals surface area contributed by atoms with E-state index in [-0.39, 0.29) is 17.0 Å². The molecule has 126 valence electrons. The van der Waals surface area contributed by atoms with Crippen LogP contribution in [-0.4, -0.2) is 40.4 Å². The van der Waals surface area contributed by atoms with Crippen LogP contribution in [0.2, 0.25) is 0 Å². The third-order valence-electron chi connectivity index (χ3n) is 5.34. The number of pyridine rings is 1. The summed E-state index contributed by atoms with van der Waals surface area (Å²) in [7, 11) is 3.29. The number of nitrogens with zero attached hydrogens (tertiary/aromatic N) is 2. The van der Waals surface area contributed by atoms with Crippen molar-refractivity contribution >= 4 is 28.4 Å². The van der Waals surface area contributed by atoms with E-state index in [9.17, 15) is 14.7 Å². The number of aryl methyl sites for hydroxylation is 4. The minimum atomic E-state index is -1.06. The SMILES string of the molecule is Cc1c(C)c2c(C)c(C)c3c(C(=O)N(C)C)c(C(=O)O)c(c1C)n23. The summed E-state index contributed by atoms with van der Waals surface area (Å²) in [6.45, 7) is 9.98. The maximum absolute atomic E-state index is 12.8. The molecule has 1 N–H and O–H groups in total. The van der Waals surface area contributed by atoms with E-state index in [0.717, 1.165) is 38.9 Å². The highest BCUT2D eigenvalue weighted by molar-refractivity contribution is 6.17. The highest BCUT2D eigenvalue weighted by Gasteiger charge is 2.32. The normalized spacial score (nSPS) is 11.6. The lowest BCUT2D eigenvalue weighted by molar-refractivity contribution is 0.0688. The number of hydrogen-bond donors (Lipinski definition) is 1. The number of amides is 1. The van der Waals surface area contributed by atoms with Gasteiger partial charge >= 0.3 is 5.97 Å². The molecule has 0 radical (unpaired) electrons. The number of aromatic nitrogens is 1. The molecule has 0 aliphatic carbocycles. The summed E-state index contributed by atoms with van der Waals surface area (Å²) in [5, 5.41) is 9.86. The van der Waals surface area contributed by atoms with Gasteiger partial charge in [0.15, 0.2) is 0 Å². The Balaban J connectivity index is 2.74. The fourth-order valence-corrected chi connectivity index (χ4v) is 3.75. The Hall–Kier alpha value is -2.56. The van der Waals surface area contributed by atoms with Crippen molar-refractivity contribution in [3.05, 3.63) is 38.9 Å². The van der Waals surface area contributed by atoms with Gasteiger partial charge in [0.2, 0.25) is 0 Å². The minimum Gasteiger partial charge on any atom is -0.478 e. The first kappa shape index (κ1) is 16.3. The van der Waals surface area contributed by atoms with Crippen molar-refractivity contribution in [2.75, 3.05) is 14.1 Å². The quantitative estimate of drug-likeness (QED) is 0.784. The predicted octanol–water partition coefficient (Wildman–Crippen LogP) is 3.47. The topological polar surface area (TPSA) is 62.0 Å². The van der Waals surface area contributed by atoms with Gasteiger partial charge in [0.05, 0.1) is 27.7 Å². The minimum absolute atomic E-state index is 0.109. The third kappa shape index (κ3) is 1.75. The van der Waals surface area contributed by atoms with Gasteiger partial charge in [-0.05, 0) is 62.4 Å². The summed E-state index contributed by atoms with van der Waals surface area (Å²) in [5.41, 5.74) is 7.95. The van der Waals surface area contributed by atoms with Crippen LogP contribution < -0.4 is 0 Å². The van der Waals surface area contributed by atoms with Crippen LogP contribution in [0.25, 0.3) is 16.6 Å². The average Bonchev–Trinajstić information content (AvgIpc) is 2.97. The van der Waals surface area contributed by atoms with Gasteiger partial charge in [0.25, 0.3) is 5.91 Å². The molecule has 0 fully saturated rings. The number of aromatic carboxylic acids is 1. The molecule has 0 aliphatic rings. The van der Waals surface area contributed by atoms with Crippen LogP contribution >= 0.6 is 0 Å². The van der Waals surface area contributed by atoms with Crippen LogP contribution in [0.5, 0.6) is 0 Å². The predicted molar refractivity (Wildman–Crippen MR) is 94.8 cm³/mol. The van der Waals surface area contributed by atoms with E-state index in [2.05, 4.69) is 6.92 Å². The van der Waals surface area contributed by atoms with Crippen LogP contribution in [-0.2, 0) is 0 Å². The molecule has 5 nitrogen and oxygen atoms in total. The van der Waals surface area contributed by atoms with Crippen LogP contribution in [0.4, 0.5) is 0 Å². The van der Waals surface area contributed by atoms with Gasteiger partial charge in [0, 0.05) is 14.1 Å². The fourth-order valence-electron chi connectivity index (χ4n) is 3.75. The van der Waals surface area contributed by atoms with Gasteiger partial charge in [-0.1, -0.05) is 0 Å². The largest absolute Gasteiger partial charge is 0.478 e. The summed E-state index contributed by atoms with van der Waals surface area (Å²) in [6.07, 6.45) is 0. The zero-order valence-corrected chi connectivity index (χ0v) is 15.2. The summed E-state index contributed by atoms with van der Waals surface area (Å²) in [4.78, 5) is 26.3. The first-order valence-electron chi connectivity index (χ1n) is 7.92. The zero-order chi connectivity index (χ0) is 18.1. The first-order chi connectivity index (χ1) is 11.1. The molecule has 1 amide bonds. The summed E-state index contributed by atoms with van der Waals surface area (Å²) < 4.78 is 1.97. The Kier molecular flexibility index (Phi) is 3.37. The summed E-state index contributed by atoms with van der Waals surface area (Å²) in [5.74, 6) is -1.34. The summed E-state index contributed by atoms with van der Waals surface area (Å²) >= 11 is 0. The van der Waals surface area contributed by atoms with Crippen molar-refractivity contribution in [2.24, 2.45) is 0 Å². The van der Waals surface area contributed by atoms with Gasteiger partial charge < -0.3 is 14.4 Å². The van der Waals surface area contributed by atoms with E-state index in [1.54, 1.807) is 14.1 Å². The molecule has 5 heteroatoms. The van der Waals surface area contributed by atoms with Gasteiger partial charge in [-0.2, -0.15) is 0 Å². The Morgan fingerprint density at radius 1 is 0.750 bits per heavy atom. The lowest BCUT2D eigenvalue weighted by atomic mass is 9.97. The smallest absolute Gasteiger partial charge is 0.338 e. The van der Waals surface area contributed by atoms with Crippen molar-refractivity contribution in [1.82, 2.24) is 9.30 Å². The third-order valence-corrected chi connectivity index (χ3v) is 5.34. The molecule has 0 atom stereocenters. The molecule has 24 heavy (non-hydrogen) atoms. The van der Waals surface area contributed by atoms with Gasteiger partial charge in [-0.25, -0.2) is 4.79 Å². The molecule has 3 aromatic rings. The van der Waals surface area contributed by atoms with E-state index in [0.29, 0.717) is 5.52 Å². The monoisotopic (exact) mass is 326 g/mol. The van der Waals surface area contributed by atoms with Crippen LogP contribution in [0.1, 0.15) is 48.5 Å². The van der Waals surface area contributed by atoms with E-state index in [4.69, 9.17) is 0 Å². The number of carboxylic acid groups (broad SMARTS) is 1. The second kappa shape index (κ2) is 4.97. The lowest BCUT2D eigenvalue weighted by Crippen LogP contribution is -2.23. The van der Waals surface area contributed by atoms with E-state index < -0.39 is 5.97 Å². The molecule has 0 spiro atoms. The van der Waals surface area contributed by atoms with E-state index in [1.165, 1.54) is 4.90 Å². The second-order valence-corrected chi connectivity index (χ2v) is 6.76. The maximum atomic E-state index is 12.8. The number of carbonyl (C=O) groups is 2. The fraction of sp³-hybridized carbons (Fsp3) is 0.368. The maximum Gasteiger partial charge on any atom is 0.338 e. The van der Waals surface area contributed by atoms with Gasteiger partial charge in [-0.3, -0.25) is 4.79 Å². The van der Waals surface area contributed by atoms with Crippen LogP contribution in [0.3, 0.4) is 0 Å². The Morgan fingerprint density at radius 2 is 1.17 bits per heavy atom. The number of rotatable bonds is 2. The molecule has 0 aliphatic heterocycles. The van der Waals surface area contributed by atoms with Crippen molar-refractivity contribution in [3.63, 3.8) is 0 Å². The number of carbonyl (C=O) groups excluding carboxylic acids is 1. The standard InChI is InChI=1S/C19H22N2O3/c1-8-9(2)15-11(4)12(5)16-13(18(22)20(6)7)14(19(23)24)17(10(8)3)21(15)16/h1-7H3,(H,23,24). The zero-order valence-electron chi connectivity index (χ0n) is 15.2. The van der Waals surface area contributed by atoms with E-state index >= 15 is 0 Å². The van der Waals surface area contributed by atoms with Crippen molar-refractivity contribution in [3.8, 4) is 0 Å². The Labute approximate surface area is 140 Å². The van der Waals surface area contributed by atoms with E-state index in [1.807, 2.05) is 32.1 Å². The van der Waals surface area contributed by atoms with Gasteiger partial charge in [0.1, 0.15) is 0 Å². The number of hydrogen-bond acceptors (Lipinski definition) is 2. The van der Waals surface area contributed by atoms with Crippen molar-refractivity contribution < 1.29 is 14.7 Å². The molecule has 3 rings (SSSR count). The molecule has 3 aromatic heterocycles. The molecule has 0 aromatic carbocycles. The second-order valence-electron chi connectivity index (χ2n) is 6.76. The van der Waals surface area contributed by atoms with Crippen LogP contribution in [0, 0.1) is 34.6 Å². The Bertz CT molecular complexity index is 1030. The molecule has 0 unspecified atom stereocenters. The first-order valence-corrected chi connectivity index (χ1v) is 7.92.